The van der Waals surface area contributed by atoms with Crippen molar-refractivity contribution in [3.05, 3.63) is 29.8 Å². The number of alkyl halides is 1. The largest absolute Gasteiger partial charge is 0.488 e. The highest BCUT2D eigenvalue weighted by molar-refractivity contribution is 6.17. The number of hydrogen-bond acceptors (Lipinski definition) is 2. The van der Waals surface area contributed by atoms with Crippen molar-refractivity contribution in [1.82, 2.24) is 0 Å². The molecule has 0 saturated carbocycles. The first kappa shape index (κ1) is 11.3. The van der Waals surface area contributed by atoms with Gasteiger partial charge in [-0.05, 0) is 13.0 Å². The summed E-state index contributed by atoms with van der Waals surface area (Å²) in [6, 6.07) is 7.77. The zero-order valence-corrected chi connectivity index (χ0v) is 9.25. The van der Waals surface area contributed by atoms with Gasteiger partial charge < -0.3 is 9.47 Å². The van der Waals surface area contributed by atoms with Crippen LogP contribution in [0.1, 0.15) is 12.5 Å². The van der Waals surface area contributed by atoms with Gasteiger partial charge in [0.1, 0.15) is 11.9 Å². The van der Waals surface area contributed by atoms with Crippen LogP contribution in [-0.2, 0) is 10.6 Å². The van der Waals surface area contributed by atoms with Gasteiger partial charge in [-0.3, -0.25) is 0 Å². The normalized spacial score (nSPS) is 12.5. The van der Waals surface area contributed by atoms with Gasteiger partial charge in [0.05, 0.1) is 12.5 Å². The molecule has 0 bridgehead atoms. The number of para-hydroxylation sites is 1. The number of methoxy groups -OCH3 is 1. The molecule has 0 aliphatic heterocycles. The van der Waals surface area contributed by atoms with Crippen LogP contribution in [0, 0.1) is 0 Å². The van der Waals surface area contributed by atoms with Crippen molar-refractivity contribution < 1.29 is 9.47 Å². The Morgan fingerprint density at radius 3 is 2.71 bits per heavy atom. The van der Waals surface area contributed by atoms with E-state index in [0.29, 0.717) is 12.5 Å². The fourth-order valence-corrected chi connectivity index (χ4v) is 1.44. The van der Waals surface area contributed by atoms with Crippen LogP contribution in [0.3, 0.4) is 0 Å². The van der Waals surface area contributed by atoms with Gasteiger partial charge in [-0.1, -0.05) is 18.2 Å². The standard InChI is InChI=1S/C11H15ClO2/c1-9(8-13-2)14-11-6-4-3-5-10(11)7-12/h3-6,9H,7-8H2,1-2H3. The van der Waals surface area contributed by atoms with E-state index in [1.807, 2.05) is 31.2 Å². The molecule has 14 heavy (non-hydrogen) atoms. The Morgan fingerprint density at radius 1 is 1.36 bits per heavy atom. The first-order chi connectivity index (χ1) is 6.77. The van der Waals surface area contributed by atoms with E-state index in [4.69, 9.17) is 21.1 Å². The molecule has 1 aromatic rings. The fraction of sp³-hybridized carbons (Fsp3) is 0.455. The first-order valence-electron chi connectivity index (χ1n) is 4.57. The molecular weight excluding hydrogens is 200 g/mol. The molecule has 0 aliphatic rings. The minimum absolute atomic E-state index is 0.0457. The van der Waals surface area contributed by atoms with Crippen LogP contribution in [0.2, 0.25) is 0 Å². The fourth-order valence-electron chi connectivity index (χ4n) is 1.21. The monoisotopic (exact) mass is 214 g/mol. The van der Waals surface area contributed by atoms with Gasteiger partial charge in [-0.2, -0.15) is 0 Å². The molecule has 78 valence electrons. The van der Waals surface area contributed by atoms with Gasteiger partial charge >= 0.3 is 0 Å². The summed E-state index contributed by atoms with van der Waals surface area (Å²) in [6.07, 6.45) is 0.0457. The van der Waals surface area contributed by atoms with E-state index in [2.05, 4.69) is 0 Å². The van der Waals surface area contributed by atoms with Crippen molar-refractivity contribution in [2.75, 3.05) is 13.7 Å². The summed E-state index contributed by atoms with van der Waals surface area (Å²) in [5, 5.41) is 0. The molecule has 0 N–H and O–H groups in total. The Labute approximate surface area is 89.8 Å². The number of benzene rings is 1. The third kappa shape index (κ3) is 3.20. The predicted molar refractivity (Wildman–Crippen MR) is 58.0 cm³/mol. The van der Waals surface area contributed by atoms with Crippen LogP contribution in [-0.4, -0.2) is 19.8 Å². The molecule has 0 aromatic heterocycles. The van der Waals surface area contributed by atoms with Crippen molar-refractivity contribution in [3.8, 4) is 5.75 Å². The maximum absolute atomic E-state index is 5.78. The second-order valence-electron chi connectivity index (χ2n) is 3.13. The maximum atomic E-state index is 5.78. The number of rotatable bonds is 5. The lowest BCUT2D eigenvalue weighted by atomic mass is 10.2. The van der Waals surface area contributed by atoms with Gasteiger partial charge in [-0.15, -0.1) is 11.6 Å². The Morgan fingerprint density at radius 2 is 2.07 bits per heavy atom. The molecule has 1 unspecified atom stereocenters. The van der Waals surface area contributed by atoms with Crippen molar-refractivity contribution in [2.24, 2.45) is 0 Å². The van der Waals surface area contributed by atoms with Gasteiger partial charge in [0.2, 0.25) is 0 Å². The van der Waals surface area contributed by atoms with E-state index in [0.717, 1.165) is 11.3 Å². The van der Waals surface area contributed by atoms with Crippen molar-refractivity contribution >= 4 is 11.6 Å². The molecule has 0 fully saturated rings. The van der Waals surface area contributed by atoms with E-state index >= 15 is 0 Å². The average molecular weight is 215 g/mol. The van der Waals surface area contributed by atoms with Gasteiger partial charge in [0, 0.05) is 12.7 Å². The highest BCUT2D eigenvalue weighted by Crippen LogP contribution is 2.20. The molecule has 0 heterocycles. The summed E-state index contributed by atoms with van der Waals surface area (Å²) in [5.74, 6) is 1.31. The van der Waals surface area contributed by atoms with Crippen LogP contribution in [0.5, 0.6) is 5.75 Å². The lowest BCUT2D eigenvalue weighted by Crippen LogP contribution is -2.18. The second-order valence-corrected chi connectivity index (χ2v) is 3.39. The molecule has 0 radical (unpaired) electrons. The Bertz CT molecular complexity index is 276. The van der Waals surface area contributed by atoms with Gasteiger partial charge in [0.25, 0.3) is 0 Å². The zero-order chi connectivity index (χ0) is 10.4. The first-order valence-corrected chi connectivity index (χ1v) is 5.11. The molecule has 0 aliphatic carbocycles. The van der Waals surface area contributed by atoms with Crippen LogP contribution < -0.4 is 4.74 Å². The van der Waals surface area contributed by atoms with Crippen molar-refractivity contribution in [1.29, 1.82) is 0 Å². The lowest BCUT2D eigenvalue weighted by Gasteiger charge is -2.15. The summed E-state index contributed by atoms with van der Waals surface area (Å²) in [5.41, 5.74) is 1.01. The van der Waals surface area contributed by atoms with Crippen LogP contribution >= 0.6 is 11.6 Å². The molecule has 1 aromatic carbocycles. The Hall–Kier alpha value is -0.730. The van der Waals surface area contributed by atoms with Crippen molar-refractivity contribution in [2.45, 2.75) is 18.9 Å². The third-order valence-electron chi connectivity index (χ3n) is 1.85. The van der Waals surface area contributed by atoms with E-state index in [1.54, 1.807) is 7.11 Å². The summed E-state index contributed by atoms with van der Waals surface area (Å²) in [6.45, 7) is 2.55. The summed E-state index contributed by atoms with van der Waals surface area (Å²) >= 11 is 5.78. The van der Waals surface area contributed by atoms with Gasteiger partial charge in [-0.25, -0.2) is 0 Å². The number of halogens is 1. The SMILES string of the molecule is COCC(C)Oc1ccccc1CCl. The molecule has 1 atom stereocenters. The summed E-state index contributed by atoms with van der Waals surface area (Å²) < 4.78 is 10.7. The van der Waals surface area contributed by atoms with E-state index in [-0.39, 0.29) is 6.10 Å². The van der Waals surface area contributed by atoms with Crippen LogP contribution in [0.4, 0.5) is 0 Å². The maximum Gasteiger partial charge on any atom is 0.124 e. The molecule has 0 amide bonds. The third-order valence-corrected chi connectivity index (χ3v) is 2.13. The minimum Gasteiger partial charge on any atom is -0.488 e. The Kier molecular flexibility index (Phi) is 4.77. The molecule has 2 nitrogen and oxygen atoms in total. The predicted octanol–water partition coefficient (Wildman–Crippen LogP) is 2.84. The Balaban J connectivity index is 2.65. The summed E-state index contributed by atoms with van der Waals surface area (Å²) in [7, 11) is 1.66. The number of hydrogen-bond donors (Lipinski definition) is 0. The average Bonchev–Trinajstić information content (AvgIpc) is 2.19. The molecule has 1 rings (SSSR count). The van der Waals surface area contributed by atoms with E-state index in [1.165, 1.54) is 0 Å². The smallest absolute Gasteiger partial charge is 0.124 e. The van der Waals surface area contributed by atoms with Crippen LogP contribution in [0.15, 0.2) is 24.3 Å². The minimum atomic E-state index is 0.0457. The molecule has 0 spiro atoms. The lowest BCUT2D eigenvalue weighted by molar-refractivity contribution is 0.0915. The molecule has 0 saturated heterocycles. The van der Waals surface area contributed by atoms with Crippen molar-refractivity contribution in [3.63, 3.8) is 0 Å². The second kappa shape index (κ2) is 5.89. The number of ether oxygens (including phenoxy) is 2. The van der Waals surface area contributed by atoms with Crippen LogP contribution in [0.25, 0.3) is 0 Å². The van der Waals surface area contributed by atoms with E-state index in [9.17, 15) is 0 Å². The zero-order valence-electron chi connectivity index (χ0n) is 8.50. The topological polar surface area (TPSA) is 18.5 Å². The highest BCUT2D eigenvalue weighted by Gasteiger charge is 2.06. The van der Waals surface area contributed by atoms with E-state index < -0.39 is 0 Å². The summed E-state index contributed by atoms with van der Waals surface area (Å²) in [4.78, 5) is 0. The molecule has 3 heteroatoms. The molecular formula is C11H15ClO2. The van der Waals surface area contributed by atoms with Gasteiger partial charge in [0.15, 0.2) is 0 Å². The highest BCUT2D eigenvalue weighted by atomic mass is 35.5. The quantitative estimate of drug-likeness (QED) is 0.702.